The molecule has 6 heteroatoms. The smallest absolute Gasteiger partial charge is 0.283 e. The maximum atomic E-state index is 5.97. The first-order valence-electron chi connectivity index (χ1n) is 8.26. The molecule has 0 saturated carbocycles. The SMILES string of the molecule is CC(C)(C)COc1ccc2c(c1)C1(COC(N)=N1)c1cccnc1O2. The quantitative estimate of drug-likeness (QED) is 0.909. The van der Waals surface area contributed by atoms with Crippen molar-refractivity contribution >= 4 is 6.02 Å². The lowest BCUT2D eigenvalue weighted by Crippen LogP contribution is -2.31. The molecule has 2 aliphatic rings. The van der Waals surface area contributed by atoms with Crippen molar-refractivity contribution in [2.75, 3.05) is 13.2 Å². The third kappa shape index (κ3) is 2.67. The number of hydrogen-bond donors (Lipinski definition) is 1. The second-order valence-electron chi connectivity index (χ2n) is 7.56. The minimum atomic E-state index is -0.748. The molecule has 0 saturated heterocycles. The maximum absolute atomic E-state index is 5.97. The summed E-state index contributed by atoms with van der Waals surface area (Å²) in [4.78, 5) is 8.94. The van der Waals surface area contributed by atoms with E-state index in [2.05, 4.69) is 30.7 Å². The first-order chi connectivity index (χ1) is 11.9. The lowest BCUT2D eigenvalue weighted by molar-refractivity contribution is 0.197. The predicted molar refractivity (Wildman–Crippen MR) is 94.1 cm³/mol. The van der Waals surface area contributed by atoms with E-state index in [-0.39, 0.29) is 11.4 Å². The van der Waals surface area contributed by atoms with Gasteiger partial charge < -0.3 is 19.9 Å². The van der Waals surface area contributed by atoms with Crippen LogP contribution in [-0.4, -0.2) is 24.2 Å². The molecule has 2 N–H and O–H groups in total. The van der Waals surface area contributed by atoms with Gasteiger partial charge in [-0.1, -0.05) is 20.8 Å². The molecule has 0 radical (unpaired) electrons. The Kier molecular flexibility index (Phi) is 3.39. The Morgan fingerprint density at radius 2 is 2.08 bits per heavy atom. The van der Waals surface area contributed by atoms with Crippen LogP contribution < -0.4 is 15.2 Å². The minimum Gasteiger partial charge on any atom is -0.493 e. The zero-order valence-electron chi connectivity index (χ0n) is 14.6. The molecule has 4 rings (SSSR count). The van der Waals surface area contributed by atoms with Gasteiger partial charge in [-0.2, -0.15) is 0 Å². The van der Waals surface area contributed by atoms with E-state index in [9.17, 15) is 0 Å². The van der Waals surface area contributed by atoms with Crippen LogP contribution in [0.2, 0.25) is 0 Å². The lowest BCUT2D eigenvalue weighted by atomic mass is 9.82. The summed E-state index contributed by atoms with van der Waals surface area (Å²) in [6.07, 6.45) is 1.70. The van der Waals surface area contributed by atoms with Gasteiger partial charge in [0.25, 0.3) is 6.02 Å². The van der Waals surface area contributed by atoms with Crippen molar-refractivity contribution in [3.05, 3.63) is 47.7 Å². The monoisotopic (exact) mass is 339 g/mol. The van der Waals surface area contributed by atoms with Crippen LogP contribution in [0.15, 0.2) is 41.5 Å². The molecule has 2 aromatic rings. The van der Waals surface area contributed by atoms with Crippen LogP contribution >= 0.6 is 0 Å². The third-order valence-corrected chi connectivity index (χ3v) is 4.22. The number of ether oxygens (including phenoxy) is 3. The molecule has 1 aromatic heterocycles. The highest BCUT2D eigenvalue weighted by atomic mass is 16.5. The number of amidine groups is 1. The summed E-state index contributed by atoms with van der Waals surface area (Å²) in [5.41, 5.74) is 6.88. The van der Waals surface area contributed by atoms with E-state index < -0.39 is 5.54 Å². The van der Waals surface area contributed by atoms with Gasteiger partial charge in [0.05, 0.1) is 12.2 Å². The summed E-state index contributed by atoms with van der Waals surface area (Å²) < 4.78 is 17.4. The molecule has 3 heterocycles. The predicted octanol–water partition coefficient (Wildman–Crippen LogP) is 3.20. The van der Waals surface area contributed by atoms with Gasteiger partial charge in [-0.3, -0.25) is 0 Å². The molecule has 1 spiro atoms. The van der Waals surface area contributed by atoms with E-state index in [1.54, 1.807) is 6.20 Å². The number of aliphatic imine (C=N–C) groups is 1. The van der Waals surface area contributed by atoms with E-state index in [1.165, 1.54) is 0 Å². The van der Waals surface area contributed by atoms with Crippen molar-refractivity contribution in [3.63, 3.8) is 0 Å². The second kappa shape index (κ2) is 5.37. The normalized spacial score (nSPS) is 21.0. The van der Waals surface area contributed by atoms with E-state index in [1.807, 2.05) is 30.3 Å². The molecule has 2 aliphatic heterocycles. The number of nitrogens with zero attached hydrogens (tertiary/aromatic N) is 2. The van der Waals surface area contributed by atoms with Crippen molar-refractivity contribution < 1.29 is 14.2 Å². The van der Waals surface area contributed by atoms with Crippen LogP contribution in [0.5, 0.6) is 17.4 Å². The van der Waals surface area contributed by atoms with Crippen molar-refractivity contribution in [3.8, 4) is 17.4 Å². The lowest BCUT2D eigenvalue weighted by Gasteiger charge is -2.32. The van der Waals surface area contributed by atoms with Gasteiger partial charge in [0.1, 0.15) is 18.1 Å². The molecule has 1 unspecified atom stereocenters. The number of rotatable bonds is 2. The molecule has 0 amide bonds. The van der Waals surface area contributed by atoms with E-state index in [0.29, 0.717) is 24.8 Å². The molecule has 1 atom stereocenters. The van der Waals surface area contributed by atoms with Crippen molar-refractivity contribution in [1.29, 1.82) is 0 Å². The summed E-state index contributed by atoms with van der Waals surface area (Å²) in [7, 11) is 0. The second-order valence-corrected chi connectivity index (χ2v) is 7.56. The van der Waals surface area contributed by atoms with Gasteiger partial charge in [-0.15, -0.1) is 0 Å². The fourth-order valence-corrected chi connectivity index (χ4v) is 3.05. The molecule has 0 aliphatic carbocycles. The van der Waals surface area contributed by atoms with Crippen LogP contribution in [0.1, 0.15) is 31.9 Å². The molecule has 0 bridgehead atoms. The van der Waals surface area contributed by atoms with Gasteiger partial charge in [0.15, 0.2) is 5.54 Å². The molecule has 130 valence electrons. The Morgan fingerprint density at radius 3 is 2.80 bits per heavy atom. The number of fused-ring (bicyclic) bond motifs is 4. The average molecular weight is 339 g/mol. The largest absolute Gasteiger partial charge is 0.493 e. The summed E-state index contributed by atoms with van der Waals surface area (Å²) in [5, 5.41) is 0. The van der Waals surface area contributed by atoms with Gasteiger partial charge >= 0.3 is 0 Å². The first kappa shape index (κ1) is 15.7. The molecular formula is C19H21N3O3. The highest BCUT2D eigenvalue weighted by Crippen LogP contribution is 2.50. The van der Waals surface area contributed by atoms with E-state index in [0.717, 1.165) is 16.9 Å². The number of hydrogen-bond acceptors (Lipinski definition) is 6. The Bertz CT molecular complexity index is 857. The van der Waals surface area contributed by atoms with Crippen LogP contribution in [0.3, 0.4) is 0 Å². The van der Waals surface area contributed by atoms with Gasteiger partial charge in [-0.05, 0) is 35.7 Å². The molecule has 6 nitrogen and oxygen atoms in total. The van der Waals surface area contributed by atoms with E-state index in [4.69, 9.17) is 19.9 Å². The highest BCUT2D eigenvalue weighted by molar-refractivity contribution is 5.76. The summed E-state index contributed by atoms with van der Waals surface area (Å²) in [5.74, 6) is 1.99. The third-order valence-electron chi connectivity index (χ3n) is 4.22. The molecule has 1 aromatic carbocycles. The van der Waals surface area contributed by atoms with Gasteiger partial charge in [0, 0.05) is 11.8 Å². The minimum absolute atomic E-state index is 0.0691. The maximum Gasteiger partial charge on any atom is 0.283 e. The summed E-state index contributed by atoms with van der Waals surface area (Å²) in [6, 6.07) is 9.72. The zero-order valence-corrected chi connectivity index (χ0v) is 14.6. The Labute approximate surface area is 146 Å². The zero-order chi connectivity index (χ0) is 17.7. The topological polar surface area (TPSA) is 79.0 Å². The fourth-order valence-electron chi connectivity index (χ4n) is 3.05. The summed E-state index contributed by atoms with van der Waals surface area (Å²) in [6.45, 7) is 7.32. The number of aromatic nitrogens is 1. The Balaban J connectivity index is 1.81. The average Bonchev–Trinajstić information content (AvgIpc) is 2.96. The van der Waals surface area contributed by atoms with Crippen molar-refractivity contribution in [2.24, 2.45) is 16.1 Å². The number of pyridine rings is 1. The summed E-state index contributed by atoms with van der Waals surface area (Å²) >= 11 is 0. The standard InChI is InChI=1S/C19H21N3O3/c1-18(2,3)10-23-12-6-7-15-14(9-12)19(11-24-17(20)22-19)13-5-4-8-21-16(13)25-15/h4-9H,10-11H2,1-3H3,(H2,20,22). The molecule has 25 heavy (non-hydrogen) atoms. The van der Waals surface area contributed by atoms with Crippen LogP contribution in [0, 0.1) is 5.41 Å². The first-order valence-corrected chi connectivity index (χ1v) is 8.26. The fraction of sp³-hybridized carbons (Fsp3) is 0.368. The van der Waals surface area contributed by atoms with Gasteiger partial charge in [-0.25, -0.2) is 9.98 Å². The highest BCUT2D eigenvalue weighted by Gasteiger charge is 2.47. The van der Waals surface area contributed by atoms with Gasteiger partial charge in [0.2, 0.25) is 5.88 Å². The Morgan fingerprint density at radius 1 is 1.24 bits per heavy atom. The Hall–Kier alpha value is -2.76. The van der Waals surface area contributed by atoms with Crippen LogP contribution in [0.4, 0.5) is 0 Å². The van der Waals surface area contributed by atoms with Crippen LogP contribution in [-0.2, 0) is 10.3 Å². The van der Waals surface area contributed by atoms with Crippen LogP contribution in [0.25, 0.3) is 0 Å². The van der Waals surface area contributed by atoms with E-state index >= 15 is 0 Å². The molecule has 0 fully saturated rings. The number of benzene rings is 1. The molecular weight excluding hydrogens is 318 g/mol. The van der Waals surface area contributed by atoms with Crippen molar-refractivity contribution in [1.82, 2.24) is 4.98 Å². The van der Waals surface area contributed by atoms with Crippen molar-refractivity contribution in [2.45, 2.75) is 26.3 Å². The number of nitrogens with two attached hydrogens (primary N) is 1.